The molecule has 2 aliphatic rings. The standard InChI is InChI=1S/C8H13N3O/c9-7-10-6(12)8(11-7)4-2-1-3-5-8/h1-5H2,(H3,9,10,11,12). The van der Waals surface area contributed by atoms with E-state index in [4.69, 9.17) is 5.73 Å². The van der Waals surface area contributed by atoms with Gasteiger partial charge in [-0.05, 0) is 12.8 Å². The zero-order valence-corrected chi connectivity index (χ0v) is 6.97. The minimum absolute atomic E-state index is 0.000278. The fourth-order valence-corrected chi connectivity index (χ4v) is 2.02. The van der Waals surface area contributed by atoms with Gasteiger partial charge < -0.3 is 5.73 Å². The number of carbonyl (C=O) groups excluding carboxylic acids is 1. The summed E-state index contributed by atoms with van der Waals surface area (Å²) in [4.78, 5) is 15.7. The van der Waals surface area contributed by atoms with Crippen LogP contribution in [0.3, 0.4) is 0 Å². The number of amides is 1. The predicted molar refractivity (Wildman–Crippen MR) is 45.6 cm³/mol. The van der Waals surface area contributed by atoms with E-state index < -0.39 is 5.54 Å². The summed E-state index contributed by atoms with van der Waals surface area (Å²) in [5, 5.41) is 2.57. The summed E-state index contributed by atoms with van der Waals surface area (Å²) in [6, 6.07) is 0. The Morgan fingerprint density at radius 2 is 2.00 bits per heavy atom. The van der Waals surface area contributed by atoms with Crippen LogP contribution in [0.5, 0.6) is 0 Å². The molecule has 1 fully saturated rings. The maximum absolute atomic E-state index is 11.5. The van der Waals surface area contributed by atoms with Crippen LogP contribution in [0.4, 0.5) is 0 Å². The maximum atomic E-state index is 11.5. The lowest BCUT2D eigenvalue weighted by atomic mass is 9.82. The Labute approximate surface area is 71.2 Å². The topological polar surface area (TPSA) is 67.5 Å². The highest BCUT2D eigenvalue weighted by molar-refractivity contribution is 6.06. The van der Waals surface area contributed by atoms with Gasteiger partial charge >= 0.3 is 0 Å². The molecule has 4 nitrogen and oxygen atoms in total. The molecule has 0 aromatic heterocycles. The Hall–Kier alpha value is -1.06. The molecule has 1 aliphatic heterocycles. The van der Waals surface area contributed by atoms with E-state index in [1.807, 2.05) is 0 Å². The maximum Gasteiger partial charge on any atom is 0.254 e. The molecule has 0 atom stereocenters. The number of hydrogen-bond acceptors (Lipinski definition) is 3. The Morgan fingerprint density at radius 3 is 2.50 bits per heavy atom. The van der Waals surface area contributed by atoms with Crippen molar-refractivity contribution in [1.82, 2.24) is 5.32 Å². The number of aliphatic imine (C=N–C) groups is 1. The van der Waals surface area contributed by atoms with Crippen molar-refractivity contribution in [1.29, 1.82) is 0 Å². The van der Waals surface area contributed by atoms with Crippen molar-refractivity contribution in [2.45, 2.75) is 37.6 Å². The van der Waals surface area contributed by atoms with Gasteiger partial charge in [-0.25, -0.2) is 4.99 Å². The van der Waals surface area contributed by atoms with Gasteiger partial charge in [-0.15, -0.1) is 0 Å². The second kappa shape index (κ2) is 2.47. The summed E-state index contributed by atoms with van der Waals surface area (Å²) in [6.07, 6.45) is 5.11. The average Bonchev–Trinajstić information content (AvgIpc) is 2.29. The van der Waals surface area contributed by atoms with Crippen LogP contribution in [-0.2, 0) is 4.79 Å². The Balaban J connectivity index is 2.23. The first kappa shape index (κ1) is 7.58. The zero-order valence-electron chi connectivity index (χ0n) is 6.97. The number of rotatable bonds is 0. The summed E-state index contributed by atoms with van der Waals surface area (Å²) < 4.78 is 0. The van der Waals surface area contributed by atoms with E-state index in [9.17, 15) is 4.79 Å². The highest BCUT2D eigenvalue weighted by atomic mass is 16.2. The van der Waals surface area contributed by atoms with Crippen LogP contribution in [0, 0.1) is 0 Å². The SMILES string of the molecule is NC1=NC2(CCCCC2)C(=O)N1. The van der Waals surface area contributed by atoms with Crippen molar-refractivity contribution in [3.8, 4) is 0 Å². The quantitative estimate of drug-likeness (QED) is 0.538. The lowest BCUT2D eigenvalue weighted by molar-refractivity contribution is -0.124. The third-order valence-corrected chi connectivity index (χ3v) is 2.68. The highest BCUT2D eigenvalue weighted by Gasteiger charge is 2.43. The van der Waals surface area contributed by atoms with Crippen LogP contribution in [0.2, 0.25) is 0 Å². The Kier molecular flexibility index (Phi) is 1.56. The predicted octanol–water partition coefficient (Wildman–Crippen LogP) is 0.134. The van der Waals surface area contributed by atoms with Crippen LogP contribution in [0.25, 0.3) is 0 Å². The van der Waals surface area contributed by atoms with E-state index in [-0.39, 0.29) is 5.91 Å². The van der Waals surface area contributed by atoms with Crippen LogP contribution in [0.15, 0.2) is 4.99 Å². The molecule has 2 rings (SSSR count). The van der Waals surface area contributed by atoms with E-state index in [0.29, 0.717) is 5.96 Å². The Bertz CT molecular complexity index is 241. The van der Waals surface area contributed by atoms with E-state index in [1.54, 1.807) is 0 Å². The van der Waals surface area contributed by atoms with Gasteiger partial charge in [0.2, 0.25) is 0 Å². The van der Waals surface area contributed by atoms with Gasteiger partial charge in [0, 0.05) is 0 Å². The number of nitrogens with two attached hydrogens (primary N) is 1. The molecule has 3 N–H and O–H groups in total. The molecular weight excluding hydrogens is 154 g/mol. The van der Waals surface area contributed by atoms with Gasteiger partial charge in [0.15, 0.2) is 5.96 Å². The van der Waals surface area contributed by atoms with Gasteiger partial charge in [0.1, 0.15) is 5.54 Å². The molecule has 1 heterocycles. The third kappa shape index (κ3) is 0.983. The minimum Gasteiger partial charge on any atom is -0.370 e. The summed E-state index contributed by atoms with van der Waals surface area (Å²) in [7, 11) is 0. The van der Waals surface area contributed by atoms with Gasteiger partial charge in [-0.2, -0.15) is 0 Å². The van der Waals surface area contributed by atoms with Crippen molar-refractivity contribution in [3.05, 3.63) is 0 Å². The number of nitrogens with zero attached hydrogens (tertiary/aromatic N) is 1. The number of carbonyl (C=O) groups is 1. The lowest BCUT2D eigenvalue weighted by Crippen LogP contribution is -2.41. The van der Waals surface area contributed by atoms with Crippen molar-refractivity contribution in [2.75, 3.05) is 0 Å². The molecule has 4 heteroatoms. The molecule has 12 heavy (non-hydrogen) atoms. The van der Waals surface area contributed by atoms with Crippen molar-refractivity contribution in [3.63, 3.8) is 0 Å². The van der Waals surface area contributed by atoms with Crippen molar-refractivity contribution in [2.24, 2.45) is 10.7 Å². The summed E-state index contributed by atoms with van der Waals surface area (Å²) in [5.41, 5.74) is 4.96. The van der Waals surface area contributed by atoms with Crippen LogP contribution in [0.1, 0.15) is 32.1 Å². The fourth-order valence-electron chi connectivity index (χ4n) is 2.02. The molecule has 0 bridgehead atoms. The number of hydrogen-bond donors (Lipinski definition) is 2. The fraction of sp³-hybridized carbons (Fsp3) is 0.750. The summed E-state index contributed by atoms with van der Waals surface area (Å²) in [5.74, 6) is 0.293. The Morgan fingerprint density at radius 1 is 1.33 bits per heavy atom. The average molecular weight is 167 g/mol. The second-order valence-corrected chi connectivity index (χ2v) is 3.54. The largest absolute Gasteiger partial charge is 0.370 e. The number of nitrogens with one attached hydrogen (secondary N) is 1. The molecule has 0 unspecified atom stereocenters. The van der Waals surface area contributed by atoms with Crippen LogP contribution in [-0.4, -0.2) is 17.4 Å². The first-order chi connectivity index (χ1) is 5.73. The van der Waals surface area contributed by atoms with Crippen molar-refractivity contribution < 1.29 is 4.79 Å². The molecule has 0 aromatic carbocycles. The molecule has 1 saturated carbocycles. The van der Waals surface area contributed by atoms with Crippen LogP contribution < -0.4 is 11.1 Å². The molecule has 0 radical (unpaired) electrons. The lowest BCUT2D eigenvalue weighted by Gasteiger charge is -2.27. The summed E-state index contributed by atoms with van der Waals surface area (Å²) in [6.45, 7) is 0. The second-order valence-electron chi connectivity index (χ2n) is 3.54. The summed E-state index contributed by atoms with van der Waals surface area (Å²) >= 11 is 0. The van der Waals surface area contributed by atoms with Crippen LogP contribution >= 0.6 is 0 Å². The first-order valence-corrected chi connectivity index (χ1v) is 4.40. The zero-order chi connectivity index (χ0) is 8.60. The molecule has 0 saturated heterocycles. The van der Waals surface area contributed by atoms with Gasteiger partial charge in [-0.1, -0.05) is 19.3 Å². The van der Waals surface area contributed by atoms with E-state index in [2.05, 4.69) is 10.3 Å². The van der Waals surface area contributed by atoms with Gasteiger partial charge in [0.05, 0.1) is 0 Å². The normalized spacial score (nSPS) is 27.0. The van der Waals surface area contributed by atoms with Gasteiger partial charge in [-0.3, -0.25) is 10.1 Å². The van der Waals surface area contributed by atoms with E-state index in [0.717, 1.165) is 25.7 Å². The van der Waals surface area contributed by atoms with Crippen molar-refractivity contribution >= 4 is 11.9 Å². The van der Waals surface area contributed by atoms with Gasteiger partial charge in [0.25, 0.3) is 5.91 Å². The molecule has 1 amide bonds. The molecule has 1 aliphatic carbocycles. The first-order valence-electron chi connectivity index (χ1n) is 4.40. The number of guanidine groups is 1. The van der Waals surface area contributed by atoms with E-state index >= 15 is 0 Å². The molecule has 1 spiro atoms. The monoisotopic (exact) mass is 167 g/mol. The molecule has 0 aromatic rings. The molecular formula is C8H13N3O. The smallest absolute Gasteiger partial charge is 0.254 e. The minimum atomic E-state index is -0.484. The van der Waals surface area contributed by atoms with E-state index in [1.165, 1.54) is 6.42 Å². The highest BCUT2D eigenvalue weighted by Crippen LogP contribution is 2.33. The molecule has 66 valence electrons. The third-order valence-electron chi connectivity index (χ3n) is 2.68.